The zero-order chi connectivity index (χ0) is 15.4. The summed E-state index contributed by atoms with van der Waals surface area (Å²) in [5.74, 6) is -1.40. The van der Waals surface area contributed by atoms with Crippen LogP contribution in [0.25, 0.3) is 10.8 Å². The molecule has 22 heavy (non-hydrogen) atoms. The van der Waals surface area contributed by atoms with Crippen molar-refractivity contribution in [1.29, 1.82) is 0 Å². The van der Waals surface area contributed by atoms with E-state index in [1.807, 2.05) is 42.5 Å². The molecule has 0 aliphatic carbocycles. The van der Waals surface area contributed by atoms with Gasteiger partial charge in [-0.1, -0.05) is 36.4 Å². The highest BCUT2D eigenvalue weighted by Crippen LogP contribution is 2.23. The van der Waals surface area contributed by atoms with Crippen LogP contribution in [-0.2, 0) is 9.59 Å². The SMILES string of the molecule is C[C@H](NC(=O)[C@H](C)Nc1cccc2ccccc12)C(=O)O.Cl. The second-order valence-electron chi connectivity index (χ2n) is 4.96. The number of carboxylic acid groups (broad SMARTS) is 1. The molecule has 0 aliphatic heterocycles. The van der Waals surface area contributed by atoms with E-state index < -0.39 is 18.1 Å². The number of hydrogen-bond donors (Lipinski definition) is 3. The lowest BCUT2D eigenvalue weighted by molar-refractivity contribution is -0.141. The maximum atomic E-state index is 12.0. The van der Waals surface area contributed by atoms with Crippen molar-refractivity contribution in [2.24, 2.45) is 0 Å². The fourth-order valence-electron chi connectivity index (χ4n) is 2.05. The molecule has 0 bridgehead atoms. The molecule has 2 aromatic carbocycles. The molecule has 2 atom stereocenters. The highest BCUT2D eigenvalue weighted by molar-refractivity contribution is 5.96. The van der Waals surface area contributed by atoms with Gasteiger partial charge in [-0.15, -0.1) is 12.4 Å². The minimum Gasteiger partial charge on any atom is -0.480 e. The largest absolute Gasteiger partial charge is 0.480 e. The van der Waals surface area contributed by atoms with Crippen LogP contribution in [0, 0.1) is 0 Å². The molecule has 0 unspecified atom stereocenters. The number of amides is 1. The van der Waals surface area contributed by atoms with Crippen LogP contribution in [0.4, 0.5) is 5.69 Å². The van der Waals surface area contributed by atoms with Gasteiger partial charge in [0.1, 0.15) is 12.1 Å². The van der Waals surface area contributed by atoms with E-state index in [0.29, 0.717) is 0 Å². The topological polar surface area (TPSA) is 78.4 Å². The summed E-state index contributed by atoms with van der Waals surface area (Å²) in [6.07, 6.45) is 0. The van der Waals surface area contributed by atoms with Gasteiger partial charge in [0.25, 0.3) is 0 Å². The van der Waals surface area contributed by atoms with Gasteiger partial charge in [-0.3, -0.25) is 9.59 Å². The molecule has 0 aliphatic rings. The number of fused-ring (bicyclic) bond motifs is 1. The smallest absolute Gasteiger partial charge is 0.325 e. The van der Waals surface area contributed by atoms with Gasteiger partial charge in [-0.2, -0.15) is 0 Å². The van der Waals surface area contributed by atoms with Crippen molar-refractivity contribution in [1.82, 2.24) is 5.32 Å². The minimum absolute atomic E-state index is 0. The molecule has 0 saturated heterocycles. The Kier molecular flexibility index (Phi) is 6.19. The Labute approximate surface area is 135 Å². The van der Waals surface area contributed by atoms with E-state index in [2.05, 4.69) is 10.6 Å². The molecular weight excluding hydrogens is 304 g/mol. The highest BCUT2D eigenvalue weighted by atomic mass is 35.5. The molecule has 5 nitrogen and oxygen atoms in total. The summed E-state index contributed by atoms with van der Waals surface area (Å²) in [6.45, 7) is 3.14. The summed E-state index contributed by atoms with van der Waals surface area (Å²) in [7, 11) is 0. The fraction of sp³-hybridized carbons (Fsp3) is 0.250. The zero-order valence-corrected chi connectivity index (χ0v) is 13.2. The Balaban J connectivity index is 0.00000242. The summed E-state index contributed by atoms with van der Waals surface area (Å²) in [4.78, 5) is 22.7. The van der Waals surface area contributed by atoms with Gasteiger partial charge in [0.2, 0.25) is 5.91 Å². The number of aliphatic carboxylic acids is 1. The lowest BCUT2D eigenvalue weighted by atomic mass is 10.1. The zero-order valence-electron chi connectivity index (χ0n) is 12.4. The second kappa shape index (κ2) is 7.66. The monoisotopic (exact) mass is 322 g/mol. The van der Waals surface area contributed by atoms with E-state index >= 15 is 0 Å². The summed E-state index contributed by atoms with van der Waals surface area (Å²) in [5.41, 5.74) is 0.846. The quantitative estimate of drug-likeness (QED) is 0.790. The van der Waals surface area contributed by atoms with Crippen molar-refractivity contribution in [3.63, 3.8) is 0 Å². The maximum absolute atomic E-state index is 12.0. The van der Waals surface area contributed by atoms with E-state index in [1.54, 1.807) is 6.92 Å². The number of hydrogen-bond acceptors (Lipinski definition) is 3. The van der Waals surface area contributed by atoms with Gasteiger partial charge in [0.15, 0.2) is 0 Å². The molecule has 0 saturated carbocycles. The van der Waals surface area contributed by atoms with Crippen molar-refractivity contribution >= 4 is 40.7 Å². The molecule has 0 aromatic heterocycles. The van der Waals surface area contributed by atoms with Gasteiger partial charge in [-0.05, 0) is 25.3 Å². The number of anilines is 1. The molecule has 1 amide bonds. The first kappa shape index (κ1) is 17.8. The van der Waals surface area contributed by atoms with Crippen LogP contribution in [0.2, 0.25) is 0 Å². The minimum atomic E-state index is -1.05. The van der Waals surface area contributed by atoms with E-state index in [4.69, 9.17) is 5.11 Å². The average molecular weight is 323 g/mol. The Hall–Kier alpha value is -2.27. The Morgan fingerprint density at radius 3 is 2.32 bits per heavy atom. The van der Waals surface area contributed by atoms with Crippen molar-refractivity contribution in [2.45, 2.75) is 25.9 Å². The number of halogens is 1. The van der Waals surface area contributed by atoms with Gasteiger partial charge in [0.05, 0.1) is 0 Å². The third kappa shape index (κ3) is 4.11. The average Bonchev–Trinajstić information content (AvgIpc) is 2.47. The number of rotatable bonds is 5. The van der Waals surface area contributed by atoms with Gasteiger partial charge >= 0.3 is 5.97 Å². The van der Waals surface area contributed by atoms with Crippen LogP contribution in [0.1, 0.15) is 13.8 Å². The van der Waals surface area contributed by atoms with Crippen molar-refractivity contribution in [2.75, 3.05) is 5.32 Å². The van der Waals surface area contributed by atoms with E-state index in [1.165, 1.54) is 6.92 Å². The molecule has 2 aromatic rings. The number of carbonyl (C=O) groups excluding carboxylic acids is 1. The van der Waals surface area contributed by atoms with Crippen molar-refractivity contribution in [3.05, 3.63) is 42.5 Å². The molecule has 0 radical (unpaired) electrons. The van der Waals surface area contributed by atoms with Crippen LogP contribution in [0.5, 0.6) is 0 Å². The molecule has 0 spiro atoms. The van der Waals surface area contributed by atoms with Crippen LogP contribution < -0.4 is 10.6 Å². The highest BCUT2D eigenvalue weighted by Gasteiger charge is 2.19. The molecule has 118 valence electrons. The summed E-state index contributed by atoms with van der Waals surface area (Å²) in [6, 6.07) is 12.2. The van der Waals surface area contributed by atoms with Gasteiger partial charge in [0, 0.05) is 11.1 Å². The summed E-state index contributed by atoms with van der Waals surface area (Å²) in [5, 5.41) is 16.5. The maximum Gasteiger partial charge on any atom is 0.325 e. The van der Waals surface area contributed by atoms with Gasteiger partial charge < -0.3 is 15.7 Å². The summed E-state index contributed by atoms with van der Waals surface area (Å²) < 4.78 is 0. The predicted molar refractivity (Wildman–Crippen MR) is 89.5 cm³/mol. The first-order valence-corrected chi connectivity index (χ1v) is 6.76. The third-order valence-electron chi connectivity index (χ3n) is 3.28. The number of carboxylic acids is 1. The Morgan fingerprint density at radius 2 is 1.64 bits per heavy atom. The van der Waals surface area contributed by atoms with Crippen molar-refractivity contribution in [3.8, 4) is 0 Å². The molecule has 6 heteroatoms. The lowest BCUT2D eigenvalue weighted by Crippen LogP contribution is -2.45. The molecule has 0 fully saturated rings. The lowest BCUT2D eigenvalue weighted by Gasteiger charge is -2.18. The second-order valence-corrected chi connectivity index (χ2v) is 4.96. The predicted octanol–water partition coefficient (Wildman–Crippen LogP) is 2.65. The van der Waals surface area contributed by atoms with E-state index in [-0.39, 0.29) is 18.3 Å². The van der Waals surface area contributed by atoms with Crippen molar-refractivity contribution < 1.29 is 14.7 Å². The van der Waals surface area contributed by atoms with E-state index in [0.717, 1.165) is 16.5 Å². The first-order chi connectivity index (χ1) is 9.99. The Morgan fingerprint density at radius 1 is 1.00 bits per heavy atom. The van der Waals surface area contributed by atoms with Crippen LogP contribution >= 0.6 is 12.4 Å². The Bertz CT molecular complexity index is 670. The normalized spacial score (nSPS) is 12.8. The van der Waals surface area contributed by atoms with Crippen LogP contribution in [0.3, 0.4) is 0 Å². The first-order valence-electron chi connectivity index (χ1n) is 6.76. The number of benzene rings is 2. The summed E-state index contributed by atoms with van der Waals surface area (Å²) >= 11 is 0. The van der Waals surface area contributed by atoms with Crippen LogP contribution in [0.15, 0.2) is 42.5 Å². The molecule has 0 heterocycles. The van der Waals surface area contributed by atoms with Gasteiger partial charge in [-0.25, -0.2) is 0 Å². The number of carbonyl (C=O) groups is 2. The molecule has 3 N–H and O–H groups in total. The molecule has 2 rings (SSSR count). The van der Waals surface area contributed by atoms with E-state index in [9.17, 15) is 9.59 Å². The standard InChI is InChI=1S/C16H18N2O3.ClH/c1-10(15(19)18-11(2)16(20)21)17-14-9-5-7-12-6-3-4-8-13(12)14;/h3-11,17H,1-2H3,(H,18,19)(H,20,21);1H/t10-,11-;/m0./s1. The fourth-order valence-corrected chi connectivity index (χ4v) is 2.05. The third-order valence-corrected chi connectivity index (χ3v) is 3.28. The van der Waals surface area contributed by atoms with Crippen LogP contribution in [-0.4, -0.2) is 29.1 Å². The number of nitrogens with one attached hydrogen (secondary N) is 2. The molecular formula is C16H19ClN2O3.